The zero-order chi connectivity index (χ0) is 12.4. The zero-order valence-electron chi connectivity index (χ0n) is 10.1. The molecule has 0 aliphatic carbocycles. The van der Waals surface area contributed by atoms with Crippen LogP contribution in [0.25, 0.3) is 0 Å². The quantitative estimate of drug-likeness (QED) is 0.798. The monoisotopic (exact) mass is 237 g/mol. The molecule has 0 radical (unpaired) electrons. The Morgan fingerprint density at radius 3 is 2.88 bits per heavy atom. The van der Waals surface area contributed by atoms with Crippen molar-refractivity contribution in [2.24, 2.45) is 0 Å². The van der Waals surface area contributed by atoms with Crippen LogP contribution >= 0.6 is 0 Å². The molecule has 1 atom stereocenters. The minimum Gasteiger partial charge on any atom is -0.493 e. The molecule has 1 heterocycles. The summed E-state index contributed by atoms with van der Waals surface area (Å²) in [6.07, 6.45) is 0. The number of Topliss-reactive ketones (excluding diaryl/α,β-unsaturated/α-hetero) is 1. The van der Waals surface area contributed by atoms with Gasteiger partial charge in [0, 0.05) is 5.56 Å². The van der Waals surface area contributed by atoms with Crippen LogP contribution in [0, 0.1) is 0 Å². The van der Waals surface area contributed by atoms with E-state index in [1.165, 1.54) is 7.11 Å². The summed E-state index contributed by atoms with van der Waals surface area (Å²) in [5.41, 5.74) is 0.549. The van der Waals surface area contributed by atoms with Gasteiger partial charge in [0.05, 0.1) is 13.2 Å². The SMILES string of the molecule is CN[C@@H](C)C(=O)c1cc(OC)c2c(c1)OCO2. The summed E-state index contributed by atoms with van der Waals surface area (Å²) in [4.78, 5) is 12.0. The van der Waals surface area contributed by atoms with E-state index in [4.69, 9.17) is 14.2 Å². The molecular weight excluding hydrogens is 222 g/mol. The molecule has 0 saturated carbocycles. The molecule has 5 heteroatoms. The molecule has 1 aliphatic heterocycles. The van der Waals surface area contributed by atoms with E-state index in [0.717, 1.165) is 0 Å². The fourth-order valence-electron chi connectivity index (χ4n) is 1.65. The molecule has 0 saturated heterocycles. The normalized spacial score (nSPS) is 14.5. The van der Waals surface area contributed by atoms with Crippen molar-refractivity contribution in [3.63, 3.8) is 0 Å². The Labute approximate surface area is 99.7 Å². The molecule has 1 aromatic carbocycles. The highest BCUT2D eigenvalue weighted by molar-refractivity contribution is 6.01. The van der Waals surface area contributed by atoms with Crippen molar-refractivity contribution < 1.29 is 19.0 Å². The highest BCUT2D eigenvalue weighted by Crippen LogP contribution is 2.41. The van der Waals surface area contributed by atoms with Crippen molar-refractivity contribution in [2.75, 3.05) is 21.0 Å². The second-order valence-corrected chi connectivity index (χ2v) is 3.79. The van der Waals surface area contributed by atoms with Crippen molar-refractivity contribution in [1.29, 1.82) is 0 Å². The van der Waals surface area contributed by atoms with Gasteiger partial charge in [-0.3, -0.25) is 4.79 Å². The predicted octanol–water partition coefficient (Wildman–Crippen LogP) is 1.21. The van der Waals surface area contributed by atoms with Gasteiger partial charge in [-0.05, 0) is 26.1 Å². The fraction of sp³-hybridized carbons (Fsp3) is 0.417. The largest absolute Gasteiger partial charge is 0.493 e. The lowest BCUT2D eigenvalue weighted by Gasteiger charge is -2.11. The number of carbonyl (C=O) groups excluding carboxylic acids is 1. The first-order valence-electron chi connectivity index (χ1n) is 5.36. The Morgan fingerprint density at radius 1 is 1.47 bits per heavy atom. The Bertz CT molecular complexity index is 444. The van der Waals surface area contributed by atoms with Crippen molar-refractivity contribution in [3.8, 4) is 17.2 Å². The Kier molecular flexibility index (Phi) is 3.19. The minimum absolute atomic E-state index is 0.0101. The van der Waals surface area contributed by atoms with Gasteiger partial charge >= 0.3 is 0 Å². The first-order valence-corrected chi connectivity index (χ1v) is 5.36. The van der Waals surface area contributed by atoms with Gasteiger partial charge in [0.25, 0.3) is 0 Å². The topological polar surface area (TPSA) is 56.8 Å². The molecule has 0 fully saturated rings. The van der Waals surface area contributed by atoms with Crippen LogP contribution in [0.3, 0.4) is 0 Å². The van der Waals surface area contributed by atoms with Gasteiger partial charge in [0.15, 0.2) is 17.3 Å². The summed E-state index contributed by atoms with van der Waals surface area (Å²) in [6, 6.07) is 3.10. The standard InChI is InChI=1S/C12H15NO4/c1-7(13-2)11(14)8-4-9(15-3)12-10(5-8)16-6-17-12/h4-5,7,13H,6H2,1-3H3/t7-/m0/s1. The molecule has 0 spiro atoms. The van der Waals surface area contributed by atoms with Gasteiger partial charge < -0.3 is 19.5 Å². The van der Waals surface area contributed by atoms with Gasteiger partial charge in [0.2, 0.25) is 12.5 Å². The second-order valence-electron chi connectivity index (χ2n) is 3.79. The van der Waals surface area contributed by atoms with E-state index in [2.05, 4.69) is 5.32 Å². The molecule has 0 unspecified atom stereocenters. The fourth-order valence-corrected chi connectivity index (χ4v) is 1.65. The summed E-state index contributed by atoms with van der Waals surface area (Å²) >= 11 is 0. The molecule has 0 aromatic heterocycles. The molecule has 1 N–H and O–H groups in total. The molecule has 17 heavy (non-hydrogen) atoms. The number of carbonyl (C=O) groups is 1. The van der Waals surface area contributed by atoms with Crippen LogP contribution < -0.4 is 19.5 Å². The van der Waals surface area contributed by atoms with E-state index < -0.39 is 0 Å². The summed E-state index contributed by atoms with van der Waals surface area (Å²) in [5.74, 6) is 1.62. The maximum atomic E-state index is 12.0. The molecule has 1 aromatic rings. The average molecular weight is 237 g/mol. The van der Waals surface area contributed by atoms with Crippen LogP contribution in [0.15, 0.2) is 12.1 Å². The van der Waals surface area contributed by atoms with Crippen molar-refractivity contribution in [2.45, 2.75) is 13.0 Å². The summed E-state index contributed by atoms with van der Waals surface area (Å²) in [6.45, 7) is 1.96. The third-order valence-electron chi connectivity index (χ3n) is 2.77. The molecule has 92 valence electrons. The number of hydrogen-bond acceptors (Lipinski definition) is 5. The third kappa shape index (κ3) is 2.06. The first kappa shape index (κ1) is 11.7. The highest BCUT2D eigenvalue weighted by atomic mass is 16.7. The third-order valence-corrected chi connectivity index (χ3v) is 2.77. The molecule has 0 amide bonds. The number of rotatable bonds is 4. The van der Waals surface area contributed by atoms with E-state index in [9.17, 15) is 4.79 Å². The number of nitrogens with one attached hydrogen (secondary N) is 1. The maximum absolute atomic E-state index is 12.0. The van der Waals surface area contributed by atoms with E-state index in [1.54, 1.807) is 26.1 Å². The van der Waals surface area contributed by atoms with Crippen LogP contribution in [0.5, 0.6) is 17.2 Å². The van der Waals surface area contributed by atoms with E-state index in [1.807, 2.05) is 0 Å². The summed E-state index contributed by atoms with van der Waals surface area (Å²) in [5, 5.41) is 2.91. The predicted molar refractivity (Wildman–Crippen MR) is 62.0 cm³/mol. The maximum Gasteiger partial charge on any atom is 0.231 e. The number of ether oxygens (including phenoxy) is 3. The van der Waals surface area contributed by atoms with Crippen molar-refractivity contribution >= 4 is 5.78 Å². The zero-order valence-corrected chi connectivity index (χ0v) is 10.1. The van der Waals surface area contributed by atoms with Crippen LogP contribution in [0.2, 0.25) is 0 Å². The Morgan fingerprint density at radius 2 is 2.24 bits per heavy atom. The van der Waals surface area contributed by atoms with Gasteiger partial charge in [-0.2, -0.15) is 0 Å². The van der Waals surface area contributed by atoms with E-state index >= 15 is 0 Å². The van der Waals surface area contributed by atoms with Crippen LogP contribution in [0.4, 0.5) is 0 Å². The number of ketones is 1. The van der Waals surface area contributed by atoms with E-state index in [-0.39, 0.29) is 18.6 Å². The van der Waals surface area contributed by atoms with Gasteiger partial charge in [0.1, 0.15) is 0 Å². The highest BCUT2D eigenvalue weighted by Gasteiger charge is 2.23. The number of likely N-dealkylation sites (N-methyl/N-ethyl adjacent to an activating group) is 1. The number of fused-ring (bicyclic) bond motifs is 1. The lowest BCUT2D eigenvalue weighted by Crippen LogP contribution is -2.30. The van der Waals surface area contributed by atoms with Crippen molar-refractivity contribution in [3.05, 3.63) is 17.7 Å². The summed E-state index contributed by atoms with van der Waals surface area (Å²) in [7, 11) is 3.28. The molecule has 0 bridgehead atoms. The number of methoxy groups -OCH3 is 1. The number of benzene rings is 1. The Balaban J connectivity index is 2.40. The smallest absolute Gasteiger partial charge is 0.231 e. The molecular formula is C12H15NO4. The van der Waals surface area contributed by atoms with Crippen LogP contribution in [-0.2, 0) is 0 Å². The minimum atomic E-state index is -0.250. The molecule has 5 nitrogen and oxygen atoms in total. The Hall–Kier alpha value is -1.75. The lowest BCUT2D eigenvalue weighted by molar-refractivity contribution is 0.0954. The van der Waals surface area contributed by atoms with Crippen molar-refractivity contribution in [1.82, 2.24) is 5.32 Å². The van der Waals surface area contributed by atoms with Crippen LogP contribution in [-0.4, -0.2) is 32.8 Å². The molecule has 2 rings (SSSR count). The second kappa shape index (κ2) is 4.63. The number of hydrogen-bond donors (Lipinski definition) is 1. The van der Waals surface area contributed by atoms with Gasteiger partial charge in [-0.15, -0.1) is 0 Å². The first-order chi connectivity index (χ1) is 8.17. The molecule has 1 aliphatic rings. The summed E-state index contributed by atoms with van der Waals surface area (Å²) < 4.78 is 15.7. The van der Waals surface area contributed by atoms with E-state index in [0.29, 0.717) is 22.8 Å². The van der Waals surface area contributed by atoms with Gasteiger partial charge in [-0.1, -0.05) is 0 Å². The lowest BCUT2D eigenvalue weighted by atomic mass is 10.0. The van der Waals surface area contributed by atoms with Gasteiger partial charge in [-0.25, -0.2) is 0 Å². The van der Waals surface area contributed by atoms with Crippen LogP contribution in [0.1, 0.15) is 17.3 Å². The average Bonchev–Trinajstić information content (AvgIpc) is 2.83.